The van der Waals surface area contributed by atoms with E-state index in [4.69, 9.17) is 16.3 Å². The number of amides is 1. The van der Waals surface area contributed by atoms with E-state index in [1.807, 2.05) is 36.4 Å². The second-order valence-corrected chi connectivity index (χ2v) is 6.75. The molecule has 126 valence electrons. The predicted molar refractivity (Wildman–Crippen MR) is 97.7 cm³/mol. The van der Waals surface area contributed by atoms with Crippen molar-refractivity contribution in [3.05, 3.63) is 70.2 Å². The highest BCUT2D eigenvalue weighted by Gasteiger charge is 2.23. The van der Waals surface area contributed by atoms with E-state index in [1.54, 1.807) is 4.90 Å². The Morgan fingerprint density at radius 3 is 2.76 bits per heavy atom. The fourth-order valence-corrected chi connectivity index (χ4v) is 3.16. The molecule has 4 nitrogen and oxygen atoms in total. The van der Waals surface area contributed by atoms with Crippen LogP contribution in [0.5, 0.6) is 5.88 Å². The molecular weight excluding hydrogens is 336 g/mol. The molecule has 0 bridgehead atoms. The van der Waals surface area contributed by atoms with E-state index in [0.29, 0.717) is 24.0 Å². The molecule has 0 aliphatic carbocycles. The molecule has 0 saturated heterocycles. The maximum atomic E-state index is 12.4. The minimum Gasteiger partial charge on any atom is -0.467 e. The van der Waals surface area contributed by atoms with Crippen LogP contribution < -0.4 is 4.74 Å². The van der Waals surface area contributed by atoms with Crippen molar-refractivity contribution in [3.8, 4) is 5.88 Å². The number of aromatic nitrogens is 1. The fourth-order valence-electron chi connectivity index (χ4n) is 3.03. The van der Waals surface area contributed by atoms with Crippen LogP contribution in [-0.4, -0.2) is 22.4 Å². The van der Waals surface area contributed by atoms with Crippen LogP contribution in [0, 0.1) is 6.92 Å². The first-order valence-corrected chi connectivity index (χ1v) is 8.51. The second-order valence-electron chi connectivity index (χ2n) is 6.31. The zero-order valence-electron chi connectivity index (χ0n) is 13.8. The van der Waals surface area contributed by atoms with Crippen LogP contribution in [0.15, 0.2) is 48.5 Å². The van der Waals surface area contributed by atoms with Crippen LogP contribution in [-0.2, 0) is 17.9 Å². The Kier molecular flexibility index (Phi) is 4.06. The maximum Gasteiger partial charge on any atom is 0.261 e. The van der Waals surface area contributed by atoms with Crippen LogP contribution in [0.3, 0.4) is 0 Å². The van der Waals surface area contributed by atoms with Crippen molar-refractivity contribution in [1.29, 1.82) is 0 Å². The largest absolute Gasteiger partial charge is 0.467 e. The molecule has 0 fully saturated rings. The van der Waals surface area contributed by atoms with Gasteiger partial charge >= 0.3 is 0 Å². The number of benzene rings is 2. The topological polar surface area (TPSA) is 42.4 Å². The number of aryl methyl sites for hydroxylation is 1. The molecule has 25 heavy (non-hydrogen) atoms. The van der Waals surface area contributed by atoms with E-state index < -0.39 is 0 Å². The van der Waals surface area contributed by atoms with Gasteiger partial charge in [-0.25, -0.2) is 4.98 Å². The second kappa shape index (κ2) is 6.37. The Hall–Kier alpha value is -2.59. The van der Waals surface area contributed by atoms with E-state index >= 15 is 0 Å². The summed E-state index contributed by atoms with van der Waals surface area (Å²) in [5.74, 6) is 0.497. The van der Waals surface area contributed by atoms with Gasteiger partial charge in [0.2, 0.25) is 5.88 Å². The summed E-state index contributed by atoms with van der Waals surface area (Å²) in [6.45, 7) is 3.06. The molecule has 3 aromatic rings. The van der Waals surface area contributed by atoms with Crippen molar-refractivity contribution in [3.63, 3.8) is 0 Å². The van der Waals surface area contributed by atoms with Gasteiger partial charge in [-0.1, -0.05) is 35.4 Å². The number of carbonyl (C=O) groups excluding carboxylic acids is 1. The number of halogens is 1. The normalized spacial score (nSPS) is 14.2. The van der Waals surface area contributed by atoms with Crippen molar-refractivity contribution in [1.82, 2.24) is 9.88 Å². The quantitative estimate of drug-likeness (QED) is 0.696. The average molecular weight is 353 g/mol. The smallest absolute Gasteiger partial charge is 0.261 e. The van der Waals surface area contributed by atoms with Crippen molar-refractivity contribution in [2.75, 3.05) is 6.61 Å². The SMILES string of the molecule is Cc1ccc2nc3c(cc2c1)CN(Cc1ccc(Cl)cc1)C(=O)CO3. The number of hydrogen-bond donors (Lipinski definition) is 0. The molecule has 5 heteroatoms. The third kappa shape index (κ3) is 3.30. The van der Waals surface area contributed by atoms with Crippen molar-refractivity contribution in [2.45, 2.75) is 20.0 Å². The summed E-state index contributed by atoms with van der Waals surface area (Å²) in [5, 5.41) is 1.74. The van der Waals surface area contributed by atoms with Crippen LogP contribution in [0.1, 0.15) is 16.7 Å². The van der Waals surface area contributed by atoms with Gasteiger partial charge in [0.15, 0.2) is 6.61 Å². The summed E-state index contributed by atoms with van der Waals surface area (Å²) >= 11 is 5.94. The summed E-state index contributed by atoms with van der Waals surface area (Å²) in [7, 11) is 0. The molecule has 0 radical (unpaired) electrons. The van der Waals surface area contributed by atoms with Crippen molar-refractivity contribution >= 4 is 28.4 Å². The van der Waals surface area contributed by atoms with E-state index in [0.717, 1.165) is 22.0 Å². The summed E-state index contributed by atoms with van der Waals surface area (Å²) in [6.07, 6.45) is 0. The molecule has 0 atom stereocenters. The Balaban J connectivity index is 1.67. The first kappa shape index (κ1) is 15.9. The fraction of sp³-hybridized carbons (Fsp3) is 0.200. The maximum absolute atomic E-state index is 12.4. The lowest BCUT2D eigenvalue weighted by Gasteiger charge is -2.20. The number of carbonyl (C=O) groups is 1. The van der Waals surface area contributed by atoms with Crippen molar-refractivity contribution in [2.24, 2.45) is 0 Å². The molecule has 0 saturated carbocycles. The van der Waals surface area contributed by atoms with Gasteiger partial charge in [-0.15, -0.1) is 0 Å². The van der Waals surface area contributed by atoms with Crippen LogP contribution in [0.25, 0.3) is 10.9 Å². The number of rotatable bonds is 2. The average Bonchev–Trinajstić information content (AvgIpc) is 2.74. The molecular formula is C20H17ClN2O2. The summed E-state index contributed by atoms with van der Waals surface area (Å²) < 4.78 is 5.66. The van der Waals surface area contributed by atoms with Gasteiger partial charge in [0.05, 0.1) is 12.1 Å². The first-order chi connectivity index (χ1) is 12.1. The van der Waals surface area contributed by atoms with Gasteiger partial charge in [-0.2, -0.15) is 0 Å². The standard InChI is InChI=1S/C20H17ClN2O2/c1-13-2-7-18-15(8-13)9-16-11-23(19(24)12-25-20(16)22-18)10-14-3-5-17(21)6-4-14/h2-9H,10-12H2,1H3. The molecule has 0 unspecified atom stereocenters. The molecule has 1 aromatic heterocycles. The van der Waals surface area contributed by atoms with E-state index in [2.05, 4.69) is 24.0 Å². The number of nitrogens with zero attached hydrogens (tertiary/aromatic N) is 2. The zero-order valence-corrected chi connectivity index (χ0v) is 14.6. The highest BCUT2D eigenvalue weighted by atomic mass is 35.5. The summed E-state index contributed by atoms with van der Waals surface area (Å²) in [4.78, 5) is 18.8. The van der Waals surface area contributed by atoms with E-state index in [1.165, 1.54) is 5.56 Å². The predicted octanol–water partition coefficient (Wildman–Crippen LogP) is 4.12. The lowest BCUT2D eigenvalue weighted by molar-refractivity contribution is -0.133. The van der Waals surface area contributed by atoms with Gasteiger partial charge in [0.25, 0.3) is 5.91 Å². The highest BCUT2D eigenvalue weighted by molar-refractivity contribution is 6.30. The molecule has 1 aliphatic heterocycles. The third-order valence-electron chi connectivity index (χ3n) is 4.34. The number of ether oxygens (including phenoxy) is 1. The molecule has 1 amide bonds. The van der Waals surface area contributed by atoms with E-state index in [-0.39, 0.29) is 12.5 Å². The Morgan fingerprint density at radius 2 is 1.96 bits per heavy atom. The van der Waals surface area contributed by atoms with Crippen LogP contribution in [0.2, 0.25) is 5.02 Å². The lowest BCUT2D eigenvalue weighted by Crippen LogP contribution is -2.31. The summed E-state index contributed by atoms with van der Waals surface area (Å²) in [6, 6.07) is 15.7. The van der Waals surface area contributed by atoms with Gasteiger partial charge < -0.3 is 9.64 Å². The minimum absolute atomic E-state index is 0.00492. The number of pyridine rings is 1. The monoisotopic (exact) mass is 352 g/mol. The number of hydrogen-bond acceptors (Lipinski definition) is 3. The van der Waals surface area contributed by atoms with Gasteiger partial charge in [-0.3, -0.25) is 4.79 Å². The van der Waals surface area contributed by atoms with Crippen LogP contribution >= 0.6 is 11.6 Å². The van der Waals surface area contributed by atoms with Crippen LogP contribution in [0.4, 0.5) is 0 Å². The minimum atomic E-state index is -0.0480. The Bertz CT molecular complexity index is 954. The van der Waals surface area contributed by atoms with Crippen molar-refractivity contribution < 1.29 is 9.53 Å². The molecule has 0 N–H and O–H groups in total. The molecule has 0 spiro atoms. The molecule has 2 aromatic carbocycles. The summed E-state index contributed by atoms with van der Waals surface area (Å²) in [5.41, 5.74) is 4.02. The first-order valence-electron chi connectivity index (χ1n) is 8.14. The number of fused-ring (bicyclic) bond motifs is 2. The third-order valence-corrected chi connectivity index (χ3v) is 4.59. The van der Waals surface area contributed by atoms with Gasteiger partial charge in [0, 0.05) is 22.5 Å². The highest BCUT2D eigenvalue weighted by Crippen LogP contribution is 2.27. The van der Waals surface area contributed by atoms with E-state index in [9.17, 15) is 4.79 Å². The Labute approximate surface area is 151 Å². The van der Waals surface area contributed by atoms with Gasteiger partial charge in [0.1, 0.15) is 0 Å². The molecule has 4 rings (SSSR count). The molecule has 2 heterocycles. The Morgan fingerprint density at radius 1 is 1.16 bits per heavy atom. The molecule has 1 aliphatic rings. The zero-order chi connectivity index (χ0) is 17.4. The lowest BCUT2D eigenvalue weighted by atomic mass is 10.1. The van der Waals surface area contributed by atoms with Gasteiger partial charge in [-0.05, 0) is 42.8 Å².